The zero-order valence-electron chi connectivity index (χ0n) is 39.7. The number of carbonyl (C=O) groups excluding carboxylic acids is 7. The van der Waals surface area contributed by atoms with E-state index >= 15 is 4.79 Å². The number of fused-ring (bicyclic) bond motifs is 5. The fourth-order valence-corrected chi connectivity index (χ4v) is 10.9. The van der Waals surface area contributed by atoms with Crippen molar-refractivity contribution in [2.75, 3.05) is 13.2 Å². The molecule has 2 bridgehead atoms. The van der Waals surface area contributed by atoms with E-state index in [-0.39, 0.29) is 41.8 Å². The van der Waals surface area contributed by atoms with Crippen LogP contribution in [0.25, 0.3) is 0 Å². The van der Waals surface area contributed by atoms with Gasteiger partial charge in [-0.25, -0.2) is 14.4 Å². The van der Waals surface area contributed by atoms with Crippen LogP contribution in [0.2, 0.25) is 0 Å². The van der Waals surface area contributed by atoms with Crippen molar-refractivity contribution >= 4 is 41.7 Å². The van der Waals surface area contributed by atoms with Crippen molar-refractivity contribution in [3.8, 4) is 0 Å². The number of unbranched alkanes of at least 4 members (excludes halogenated alkanes) is 1. The molecule has 2 unspecified atom stereocenters. The summed E-state index contributed by atoms with van der Waals surface area (Å²) in [6.45, 7) is 10.1. The maximum absolute atomic E-state index is 16.1. The van der Waals surface area contributed by atoms with Crippen LogP contribution in [-0.2, 0) is 47.6 Å². The Balaban J connectivity index is 1.41. The lowest BCUT2D eigenvalue weighted by Crippen LogP contribution is -2.82. The van der Waals surface area contributed by atoms with Crippen molar-refractivity contribution in [1.29, 1.82) is 0 Å². The SMILES string of the molecule is CCCCNC(=O)OC1C[C@H]2OC[C@@]2(OC(C)=O)C2[C@H](OC(=O)c3ccccc3)[C@]3(O)C[C@H](OC(=O)[C@H](O)[C@@H](NC(=O)c4ccccc4)c4ccccc4)C(C)=C([C@@H](OC(C)=O)C(=O)[C@]12C)C3(C)C. The van der Waals surface area contributed by atoms with E-state index in [2.05, 4.69) is 10.6 Å². The Morgan fingerprint density at radius 3 is 2.00 bits per heavy atom. The van der Waals surface area contributed by atoms with Gasteiger partial charge >= 0.3 is 30.0 Å². The maximum Gasteiger partial charge on any atom is 0.407 e. The number of benzene rings is 3. The molecule has 0 spiro atoms. The van der Waals surface area contributed by atoms with Gasteiger partial charge in [-0.05, 0) is 61.2 Å². The van der Waals surface area contributed by atoms with Gasteiger partial charge in [0, 0.05) is 44.2 Å². The van der Waals surface area contributed by atoms with E-state index in [1.54, 1.807) is 92.7 Å². The summed E-state index contributed by atoms with van der Waals surface area (Å²) in [6.07, 6.45) is -10.2. The molecule has 69 heavy (non-hydrogen) atoms. The number of hydrogen-bond donors (Lipinski definition) is 4. The van der Waals surface area contributed by atoms with Gasteiger partial charge in [0.05, 0.1) is 29.5 Å². The minimum atomic E-state index is -2.45. The zero-order valence-corrected chi connectivity index (χ0v) is 39.7. The summed E-state index contributed by atoms with van der Waals surface area (Å²) in [5.74, 6) is -7.01. The summed E-state index contributed by atoms with van der Waals surface area (Å²) in [5, 5.41) is 31.3. The number of esters is 4. The monoisotopic (exact) mass is 952 g/mol. The van der Waals surface area contributed by atoms with Crippen molar-refractivity contribution < 1.29 is 72.2 Å². The third-order valence-electron chi connectivity index (χ3n) is 14.5. The van der Waals surface area contributed by atoms with Crippen LogP contribution in [0.15, 0.2) is 102 Å². The molecule has 368 valence electrons. The predicted octanol–water partition coefficient (Wildman–Crippen LogP) is 5.27. The molecular weight excluding hydrogens is 893 g/mol. The minimum absolute atomic E-state index is 0.0270. The summed E-state index contributed by atoms with van der Waals surface area (Å²) in [5.41, 5.74) is -7.35. The topological polar surface area (TPSA) is 239 Å². The number of rotatable bonds is 14. The molecule has 3 aromatic carbocycles. The van der Waals surface area contributed by atoms with E-state index in [0.29, 0.717) is 12.0 Å². The Hall–Kier alpha value is -6.43. The average Bonchev–Trinajstić information content (AvgIpc) is 3.31. The van der Waals surface area contributed by atoms with Gasteiger partial charge in [0.25, 0.3) is 5.91 Å². The molecule has 4 N–H and O–H groups in total. The van der Waals surface area contributed by atoms with E-state index in [9.17, 15) is 39.0 Å². The summed E-state index contributed by atoms with van der Waals surface area (Å²) in [6, 6.07) is 22.9. The first-order valence-corrected chi connectivity index (χ1v) is 23.2. The number of aliphatic hydroxyl groups is 2. The number of aliphatic hydroxyl groups excluding tert-OH is 1. The molecule has 4 aliphatic rings. The molecule has 7 rings (SSSR count). The molecule has 0 radical (unpaired) electrons. The van der Waals surface area contributed by atoms with E-state index < -0.39 is 119 Å². The molecule has 3 aromatic rings. The van der Waals surface area contributed by atoms with Crippen LogP contribution in [-0.4, -0.2) is 113 Å². The molecule has 1 aliphatic heterocycles. The van der Waals surface area contributed by atoms with Gasteiger partial charge in [-0.1, -0.05) is 93.9 Å². The Morgan fingerprint density at radius 2 is 1.43 bits per heavy atom. The van der Waals surface area contributed by atoms with E-state index in [0.717, 1.165) is 20.3 Å². The highest BCUT2D eigenvalue weighted by atomic mass is 16.6. The summed E-state index contributed by atoms with van der Waals surface area (Å²) < 4.78 is 37.1. The highest BCUT2D eigenvalue weighted by Gasteiger charge is 2.79. The quantitative estimate of drug-likeness (QED) is 0.0697. The molecule has 2 amide bonds. The molecular formula is C52H60N2O15. The lowest BCUT2D eigenvalue weighted by Gasteiger charge is -2.67. The largest absolute Gasteiger partial charge is 0.456 e. The molecule has 2 saturated carbocycles. The average molecular weight is 953 g/mol. The summed E-state index contributed by atoms with van der Waals surface area (Å²) >= 11 is 0. The van der Waals surface area contributed by atoms with Crippen LogP contribution in [0.1, 0.15) is 106 Å². The van der Waals surface area contributed by atoms with Crippen LogP contribution in [0.3, 0.4) is 0 Å². The fraction of sp³-hybridized carbons (Fsp3) is 0.481. The Labute approximate surface area is 400 Å². The molecule has 11 atom stereocenters. The highest BCUT2D eigenvalue weighted by molar-refractivity contribution is 5.96. The number of carbonyl (C=O) groups is 7. The zero-order chi connectivity index (χ0) is 50.1. The third kappa shape index (κ3) is 9.26. The van der Waals surface area contributed by atoms with Crippen molar-refractivity contribution in [2.45, 2.75) is 128 Å². The Morgan fingerprint density at radius 1 is 0.826 bits per heavy atom. The fourth-order valence-electron chi connectivity index (χ4n) is 10.9. The number of hydrogen-bond acceptors (Lipinski definition) is 15. The van der Waals surface area contributed by atoms with Crippen molar-refractivity contribution in [3.05, 3.63) is 119 Å². The second-order valence-electron chi connectivity index (χ2n) is 19.0. The first-order chi connectivity index (χ1) is 32.7. The van der Waals surface area contributed by atoms with Gasteiger partial charge < -0.3 is 49.3 Å². The number of alkyl carbamates (subject to hydrolysis) is 1. The van der Waals surface area contributed by atoms with Gasteiger partial charge in [-0.3, -0.25) is 19.2 Å². The lowest BCUT2D eigenvalue weighted by molar-refractivity contribution is -0.345. The number of ether oxygens (including phenoxy) is 6. The molecule has 0 aromatic heterocycles. The normalized spacial score (nSPS) is 29.7. The van der Waals surface area contributed by atoms with Crippen molar-refractivity contribution in [3.63, 3.8) is 0 Å². The summed E-state index contributed by atoms with van der Waals surface area (Å²) in [7, 11) is 0. The maximum atomic E-state index is 16.1. The number of ketones is 1. The van der Waals surface area contributed by atoms with Crippen LogP contribution in [0.4, 0.5) is 4.79 Å². The van der Waals surface area contributed by atoms with E-state index in [1.165, 1.54) is 26.0 Å². The lowest BCUT2D eigenvalue weighted by atomic mass is 9.44. The van der Waals surface area contributed by atoms with Crippen LogP contribution in [0.5, 0.6) is 0 Å². The highest BCUT2D eigenvalue weighted by Crippen LogP contribution is 2.65. The second kappa shape index (κ2) is 19.9. The first kappa shape index (κ1) is 50.4. The van der Waals surface area contributed by atoms with E-state index in [1.807, 2.05) is 6.92 Å². The van der Waals surface area contributed by atoms with Crippen LogP contribution in [0, 0.1) is 16.7 Å². The third-order valence-corrected chi connectivity index (χ3v) is 14.5. The molecule has 3 fully saturated rings. The summed E-state index contributed by atoms with van der Waals surface area (Å²) in [4.78, 5) is 98.8. The Kier molecular flexibility index (Phi) is 14.5. The van der Waals surface area contributed by atoms with E-state index in [4.69, 9.17) is 28.4 Å². The van der Waals surface area contributed by atoms with Gasteiger partial charge in [-0.2, -0.15) is 0 Å². The second-order valence-corrected chi connectivity index (χ2v) is 19.0. The Bertz CT molecular complexity index is 2480. The van der Waals surface area contributed by atoms with Gasteiger partial charge in [0.2, 0.25) is 0 Å². The van der Waals surface area contributed by atoms with Crippen LogP contribution < -0.4 is 10.6 Å². The number of Topliss-reactive ketones (excluding diaryl/α,β-unsaturated/α-hetero) is 1. The van der Waals surface area contributed by atoms with Crippen molar-refractivity contribution in [2.24, 2.45) is 16.7 Å². The van der Waals surface area contributed by atoms with Gasteiger partial charge in [0.1, 0.15) is 30.0 Å². The number of nitrogens with one attached hydrogen (secondary N) is 2. The molecule has 17 nitrogen and oxygen atoms in total. The predicted molar refractivity (Wildman–Crippen MR) is 245 cm³/mol. The smallest absolute Gasteiger partial charge is 0.407 e. The molecule has 3 aliphatic carbocycles. The van der Waals surface area contributed by atoms with Crippen molar-refractivity contribution in [1.82, 2.24) is 10.6 Å². The van der Waals surface area contributed by atoms with Crippen LogP contribution >= 0.6 is 0 Å². The molecule has 1 heterocycles. The first-order valence-electron chi connectivity index (χ1n) is 23.2. The van der Waals surface area contributed by atoms with Gasteiger partial charge in [0.15, 0.2) is 23.6 Å². The molecule has 1 saturated heterocycles. The minimum Gasteiger partial charge on any atom is -0.456 e. The van der Waals surface area contributed by atoms with Gasteiger partial charge in [-0.15, -0.1) is 0 Å². The molecule has 17 heteroatoms. The standard InChI is InChI=1S/C52H60N2O15/c1-8-9-25-53-48(62)67-36-26-37-51(28-64-37,69-31(4)56)42-44(68-46(60)34-23-17-12-18-24-34)52(63)27-35(29(2)38(49(52,5)6)41(65-30(3)55)43(58)50(36,42)7)66-47(61)40(57)39(32-19-13-10-14-20-32)54-45(59)33-21-15-11-16-22-33/h10-24,35-37,39-42,44,57,63H,8-9,25-28H2,1-7H3,(H,53,62)(H,54,59)/t35-,36?,37+,39-,40+,41+,42?,44-,50+,51-,52+/m0/s1. The number of amides is 2.